The Bertz CT molecular complexity index is 910. The number of rotatable bonds is 9. The highest BCUT2D eigenvalue weighted by Gasteiger charge is 2.20. The Labute approximate surface area is 164 Å². The van der Waals surface area contributed by atoms with E-state index < -0.39 is 22.5 Å². The van der Waals surface area contributed by atoms with E-state index in [-0.39, 0.29) is 0 Å². The van der Waals surface area contributed by atoms with Gasteiger partial charge in [0, 0.05) is 0 Å². The molecule has 2 aromatic carbocycles. The summed E-state index contributed by atoms with van der Waals surface area (Å²) < 4.78 is 35.6. The summed E-state index contributed by atoms with van der Waals surface area (Å²) in [6.45, 7) is 1.96. The molecule has 0 radical (unpaired) electrons. The van der Waals surface area contributed by atoms with Gasteiger partial charge in [-0.05, 0) is 61.0 Å². The molecule has 2 aromatic rings. The van der Waals surface area contributed by atoms with E-state index in [9.17, 15) is 13.2 Å². The summed E-state index contributed by atoms with van der Waals surface area (Å²) in [7, 11) is -2.09. The van der Waals surface area contributed by atoms with Crippen LogP contribution in [0.2, 0.25) is 0 Å². The van der Waals surface area contributed by atoms with E-state index in [0.29, 0.717) is 23.8 Å². The van der Waals surface area contributed by atoms with Gasteiger partial charge in [-0.3, -0.25) is 9.10 Å². The number of sulfonamides is 1. The third-order valence-corrected chi connectivity index (χ3v) is 4.78. The van der Waals surface area contributed by atoms with Crippen LogP contribution < -0.4 is 19.2 Å². The van der Waals surface area contributed by atoms with Crippen molar-refractivity contribution in [3.05, 3.63) is 54.1 Å². The standard InChI is InChI=1S/C19H23N3O5S/c1-4-27-18-11-7-16(8-12-18)22(28(3,24)25)14-19(23)21-20-13-15-5-9-17(26-2)10-6-15/h5-13H,4,14H2,1-3H3,(H,21,23)/b20-13-. The molecule has 8 nitrogen and oxygen atoms in total. The third kappa shape index (κ3) is 6.27. The number of nitrogens with zero attached hydrogens (tertiary/aromatic N) is 2. The third-order valence-electron chi connectivity index (χ3n) is 3.64. The number of hydrazone groups is 1. The average Bonchev–Trinajstić information content (AvgIpc) is 2.67. The molecule has 1 N–H and O–H groups in total. The Hall–Kier alpha value is -3.07. The van der Waals surface area contributed by atoms with Crippen molar-refractivity contribution in [2.24, 2.45) is 5.10 Å². The zero-order valence-electron chi connectivity index (χ0n) is 16.0. The van der Waals surface area contributed by atoms with Gasteiger partial charge in [-0.2, -0.15) is 5.10 Å². The summed E-state index contributed by atoms with van der Waals surface area (Å²) in [4.78, 5) is 12.2. The molecule has 0 spiro atoms. The number of benzene rings is 2. The molecule has 9 heteroatoms. The average molecular weight is 405 g/mol. The van der Waals surface area contributed by atoms with Crippen LogP contribution in [0, 0.1) is 0 Å². The second-order valence-electron chi connectivity index (χ2n) is 5.76. The summed E-state index contributed by atoms with van der Waals surface area (Å²) in [6.07, 6.45) is 2.50. The van der Waals surface area contributed by atoms with Crippen molar-refractivity contribution in [3.8, 4) is 11.5 Å². The van der Waals surface area contributed by atoms with E-state index in [4.69, 9.17) is 9.47 Å². The van der Waals surface area contributed by atoms with Crippen LogP contribution in [0.25, 0.3) is 0 Å². The number of carbonyl (C=O) groups excluding carboxylic acids is 1. The molecular weight excluding hydrogens is 382 g/mol. The summed E-state index contributed by atoms with van der Waals surface area (Å²) in [5, 5.41) is 3.86. The van der Waals surface area contributed by atoms with Crippen LogP contribution in [0.1, 0.15) is 12.5 Å². The fourth-order valence-electron chi connectivity index (χ4n) is 2.31. The molecule has 0 bridgehead atoms. The van der Waals surface area contributed by atoms with Gasteiger partial charge in [0.15, 0.2) is 0 Å². The van der Waals surface area contributed by atoms with Crippen LogP contribution in [0.3, 0.4) is 0 Å². The lowest BCUT2D eigenvalue weighted by Crippen LogP contribution is -2.39. The van der Waals surface area contributed by atoms with Crippen LogP contribution in [-0.2, 0) is 14.8 Å². The number of carbonyl (C=O) groups is 1. The minimum Gasteiger partial charge on any atom is -0.497 e. The molecule has 150 valence electrons. The van der Waals surface area contributed by atoms with Crippen molar-refractivity contribution in [1.29, 1.82) is 0 Å². The van der Waals surface area contributed by atoms with Gasteiger partial charge in [-0.1, -0.05) is 0 Å². The van der Waals surface area contributed by atoms with E-state index in [1.165, 1.54) is 6.21 Å². The number of amides is 1. The summed E-state index contributed by atoms with van der Waals surface area (Å²) in [6, 6.07) is 13.5. The summed E-state index contributed by atoms with van der Waals surface area (Å²) >= 11 is 0. The number of hydrogen-bond acceptors (Lipinski definition) is 6. The van der Waals surface area contributed by atoms with Crippen molar-refractivity contribution in [2.75, 3.05) is 30.8 Å². The molecule has 0 aliphatic heterocycles. The Morgan fingerprint density at radius 1 is 1.11 bits per heavy atom. The quantitative estimate of drug-likeness (QED) is 0.508. The van der Waals surface area contributed by atoms with E-state index in [1.807, 2.05) is 6.92 Å². The lowest BCUT2D eigenvalue weighted by Gasteiger charge is -2.21. The first-order valence-corrected chi connectivity index (χ1v) is 10.3. The highest BCUT2D eigenvalue weighted by atomic mass is 32.2. The summed E-state index contributed by atoms with van der Waals surface area (Å²) in [5.41, 5.74) is 3.45. The second kappa shape index (κ2) is 9.75. The number of nitrogens with one attached hydrogen (secondary N) is 1. The minimum atomic E-state index is -3.66. The topological polar surface area (TPSA) is 97.3 Å². The van der Waals surface area contributed by atoms with Crippen LogP contribution in [0.5, 0.6) is 11.5 Å². The van der Waals surface area contributed by atoms with Gasteiger partial charge in [0.25, 0.3) is 5.91 Å². The van der Waals surface area contributed by atoms with E-state index in [1.54, 1.807) is 55.6 Å². The second-order valence-corrected chi connectivity index (χ2v) is 7.67. The van der Waals surface area contributed by atoms with E-state index >= 15 is 0 Å². The van der Waals surface area contributed by atoms with Crippen LogP contribution in [-0.4, -0.2) is 47.1 Å². The molecule has 1 amide bonds. The van der Waals surface area contributed by atoms with Crippen LogP contribution in [0.4, 0.5) is 5.69 Å². The van der Waals surface area contributed by atoms with Gasteiger partial charge >= 0.3 is 0 Å². The molecular formula is C19H23N3O5S. The molecule has 28 heavy (non-hydrogen) atoms. The smallest absolute Gasteiger partial charge is 0.260 e. The Balaban J connectivity index is 2.03. The van der Waals surface area contributed by atoms with Gasteiger partial charge in [0.2, 0.25) is 10.0 Å². The first-order chi connectivity index (χ1) is 13.3. The maximum Gasteiger partial charge on any atom is 0.260 e. The lowest BCUT2D eigenvalue weighted by molar-refractivity contribution is -0.119. The van der Waals surface area contributed by atoms with Crippen molar-refractivity contribution < 1.29 is 22.7 Å². The molecule has 0 aliphatic carbocycles. The molecule has 0 atom stereocenters. The number of methoxy groups -OCH3 is 1. The number of anilines is 1. The van der Waals surface area contributed by atoms with Crippen LogP contribution in [0.15, 0.2) is 53.6 Å². The fraction of sp³-hybridized carbons (Fsp3) is 0.263. The normalized spacial score (nSPS) is 11.2. The SMILES string of the molecule is CCOc1ccc(N(CC(=O)N/N=C\c2ccc(OC)cc2)S(C)(=O)=O)cc1. The zero-order chi connectivity index (χ0) is 20.6. The van der Waals surface area contributed by atoms with Gasteiger partial charge in [0.1, 0.15) is 18.0 Å². The minimum absolute atomic E-state index is 0.361. The van der Waals surface area contributed by atoms with Gasteiger partial charge in [-0.15, -0.1) is 0 Å². The molecule has 0 unspecified atom stereocenters. The van der Waals surface area contributed by atoms with E-state index in [2.05, 4.69) is 10.5 Å². The first-order valence-electron chi connectivity index (χ1n) is 8.50. The maximum absolute atomic E-state index is 12.2. The van der Waals surface area contributed by atoms with Crippen molar-refractivity contribution in [2.45, 2.75) is 6.92 Å². The zero-order valence-corrected chi connectivity index (χ0v) is 16.8. The Morgan fingerprint density at radius 3 is 2.25 bits per heavy atom. The van der Waals surface area contributed by atoms with Gasteiger partial charge in [-0.25, -0.2) is 13.8 Å². The fourth-order valence-corrected chi connectivity index (χ4v) is 3.17. The first kappa shape index (κ1) is 21.2. The van der Waals surface area contributed by atoms with Crippen molar-refractivity contribution in [3.63, 3.8) is 0 Å². The molecule has 0 aliphatic rings. The highest BCUT2D eigenvalue weighted by molar-refractivity contribution is 7.92. The molecule has 2 rings (SSSR count). The largest absolute Gasteiger partial charge is 0.497 e. The molecule has 0 saturated carbocycles. The van der Waals surface area contributed by atoms with Crippen molar-refractivity contribution in [1.82, 2.24) is 5.43 Å². The Morgan fingerprint density at radius 2 is 1.71 bits per heavy atom. The molecule has 0 aromatic heterocycles. The van der Waals surface area contributed by atoms with Crippen LogP contribution >= 0.6 is 0 Å². The monoisotopic (exact) mass is 405 g/mol. The molecule has 0 fully saturated rings. The predicted octanol–water partition coefficient (Wildman–Crippen LogP) is 2.01. The lowest BCUT2D eigenvalue weighted by atomic mass is 10.2. The van der Waals surface area contributed by atoms with E-state index in [0.717, 1.165) is 16.1 Å². The van der Waals surface area contributed by atoms with Gasteiger partial charge in [0.05, 0.1) is 31.9 Å². The number of ether oxygens (including phenoxy) is 2. The van der Waals surface area contributed by atoms with Gasteiger partial charge < -0.3 is 9.47 Å². The highest BCUT2D eigenvalue weighted by Crippen LogP contribution is 2.21. The maximum atomic E-state index is 12.2. The Kier molecular flexibility index (Phi) is 7.39. The predicted molar refractivity (Wildman–Crippen MR) is 109 cm³/mol. The van der Waals surface area contributed by atoms with Crippen molar-refractivity contribution >= 4 is 27.8 Å². The molecule has 0 saturated heterocycles. The number of hydrogen-bond donors (Lipinski definition) is 1. The molecule has 0 heterocycles. The summed E-state index contributed by atoms with van der Waals surface area (Å²) in [5.74, 6) is 0.762.